The topological polar surface area (TPSA) is 77.9 Å². The zero-order valence-electron chi connectivity index (χ0n) is 12.6. The maximum absolute atomic E-state index is 12.8. The van der Waals surface area contributed by atoms with Crippen LogP contribution in [0, 0.1) is 0 Å². The van der Waals surface area contributed by atoms with Gasteiger partial charge in [-0.3, -0.25) is 14.4 Å². The number of hydrogen-bond donors (Lipinski definition) is 1. The second-order valence-corrected chi connectivity index (χ2v) is 5.98. The predicted molar refractivity (Wildman–Crippen MR) is 76.6 cm³/mol. The van der Waals surface area contributed by atoms with E-state index in [1.54, 1.807) is 4.90 Å². The fraction of sp³-hybridized carbons (Fsp3) is 0.800. The monoisotopic (exact) mass is 296 g/mol. The van der Waals surface area contributed by atoms with Crippen LogP contribution in [-0.4, -0.2) is 57.9 Å². The van der Waals surface area contributed by atoms with Crippen molar-refractivity contribution < 1.29 is 19.5 Å². The van der Waals surface area contributed by atoms with Crippen LogP contribution in [0.1, 0.15) is 51.9 Å². The molecule has 118 valence electrons. The Morgan fingerprint density at radius 2 is 1.76 bits per heavy atom. The molecular formula is C15H24N2O4. The summed E-state index contributed by atoms with van der Waals surface area (Å²) in [6.45, 7) is 2.84. The second kappa shape index (κ2) is 6.91. The minimum absolute atomic E-state index is 0.0109. The normalized spacial score (nSPS) is 26.0. The maximum atomic E-state index is 12.8. The number of aliphatic carboxylic acids is 1. The van der Waals surface area contributed by atoms with Crippen LogP contribution in [-0.2, 0) is 14.4 Å². The Kier molecular flexibility index (Phi) is 5.20. The number of likely N-dealkylation sites (tertiary alicyclic amines) is 2. The number of carboxylic acid groups (broad SMARTS) is 1. The fourth-order valence-electron chi connectivity index (χ4n) is 3.47. The van der Waals surface area contributed by atoms with E-state index in [0.717, 1.165) is 32.1 Å². The molecule has 2 unspecified atom stereocenters. The molecule has 2 saturated heterocycles. The molecule has 6 heteroatoms. The summed E-state index contributed by atoms with van der Waals surface area (Å²) in [6, 6.07) is -0.329. The predicted octanol–water partition coefficient (Wildman–Crippen LogP) is 1.24. The standard InChI is InChI=1S/C15H24N2O4/c1-11(18)16-10-4-6-13(16)15(21)17-9-3-2-5-12(17)7-8-14(19)20/h12-13H,2-10H2,1H3,(H,19,20). The fourth-order valence-corrected chi connectivity index (χ4v) is 3.47. The van der Waals surface area contributed by atoms with Gasteiger partial charge in [0.1, 0.15) is 6.04 Å². The van der Waals surface area contributed by atoms with Gasteiger partial charge in [0.15, 0.2) is 0 Å². The van der Waals surface area contributed by atoms with Gasteiger partial charge >= 0.3 is 5.97 Å². The van der Waals surface area contributed by atoms with Crippen molar-refractivity contribution in [2.24, 2.45) is 0 Å². The van der Waals surface area contributed by atoms with Crippen LogP contribution >= 0.6 is 0 Å². The van der Waals surface area contributed by atoms with Crippen molar-refractivity contribution in [2.45, 2.75) is 64.0 Å². The highest BCUT2D eigenvalue weighted by Gasteiger charge is 2.38. The first-order chi connectivity index (χ1) is 10.0. The molecule has 1 N–H and O–H groups in total. The number of amides is 2. The van der Waals surface area contributed by atoms with Gasteiger partial charge < -0.3 is 14.9 Å². The van der Waals surface area contributed by atoms with E-state index in [4.69, 9.17) is 5.11 Å². The smallest absolute Gasteiger partial charge is 0.303 e. The summed E-state index contributed by atoms with van der Waals surface area (Å²) in [5.41, 5.74) is 0. The Morgan fingerprint density at radius 1 is 1.05 bits per heavy atom. The summed E-state index contributed by atoms with van der Waals surface area (Å²) in [5.74, 6) is -0.859. The first-order valence-electron chi connectivity index (χ1n) is 7.80. The average molecular weight is 296 g/mol. The van der Waals surface area contributed by atoms with Gasteiger partial charge in [-0.15, -0.1) is 0 Å². The van der Waals surface area contributed by atoms with Crippen molar-refractivity contribution >= 4 is 17.8 Å². The molecule has 0 bridgehead atoms. The van der Waals surface area contributed by atoms with Gasteiger partial charge in [0.05, 0.1) is 0 Å². The van der Waals surface area contributed by atoms with E-state index >= 15 is 0 Å². The van der Waals surface area contributed by atoms with Crippen LogP contribution in [0.25, 0.3) is 0 Å². The molecule has 0 saturated carbocycles. The highest BCUT2D eigenvalue weighted by molar-refractivity contribution is 5.87. The molecule has 2 fully saturated rings. The van der Waals surface area contributed by atoms with Gasteiger partial charge in [0.25, 0.3) is 0 Å². The van der Waals surface area contributed by atoms with Gasteiger partial charge in [0, 0.05) is 32.5 Å². The Hall–Kier alpha value is -1.59. The van der Waals surface area contributed by atoms with E-state index in [1.165, 1.54) is 6.92 Å². The summed E-state index contributed by atoms with van der Waals surface area (Å²) in [7, 11) is 0. The minimum Gasteiger partial charge on any atom is -0.481 e. The summed E-state index contributed by atoms with van der Waals surface area (Å²) in [5, 5.41) is 8.84. The highest BCUT2D eigenvalue weighted by Crippen LogP contribution is 2.26. The number of carbonyl (C=O) groups is 3. The Balaban J connectivity index is 2.04. The van der Waals surface area contributed by atoms with Crippen LogP contribution in [0.15, 0.2) is 0 Å². The third kappa shape index (κ3) is 3.74. The average Bonchev–Trinajstić information content (AvgIpc) is 2.94. The van der Waals surface area contributed by atoms with Crippen LogP contribution in [0.4, 0.5) is 0 Å². The van der Waals surface area contributed by atoms with Gasteiger partial charge in [-0.2, -0.15) is 0 Å². The van der Waals surface area contributed by atoms with Gasteiger partial charge in [0.2, 0.25) is 11.8 Å². The molecule has 0 aliphatic carbocycles. The van der Waals surface area contributed by atoms with Crippen molar-refractivity contribution in [3.63, 3.8) is 0 Å². The molecule has 2 rings (SSSR count). The molecule has 0 aromatic carbocycles. The van der Waals surface area contributed by atoms with E-state index in [9.17, 15) is 14.4 Å². The van der Waals surface area contributed by atoms with Crippen molar-refractivity contribution in [1.29, 1.82) is 0 Å². The lowest BCUT2D eigenvalue weighted by molar-refractivity contribution is -0.146. The first kappa shape index (κ1) is 15.8. The zero-order chi connectivity index (χ0) is 15.4. The quantitative estimate of drug-likeness (QED) is 0.846. The first-order valence-corrected chi connectivity index (χ1v) is 7.80. The minimum atomic E-state index is -0.820. The number of carboxylic acids is 1. The number of hydrogen-bond acceptors (Lipinski definition) is 3. The second-order valence-electron chi connectivity index (χ2n) is 5.98. The molecular weight excluding hydrogens is 272 g/mol. The Morgan fingerprint density at radius 3 is 2.43 bits per heavy atom. The number of carbonyl (C=O) groups excluding carboxylic acids is 2. The maximum Gasteiger partial charge on any atom is 0.303 e. The SMILES string of the molecule is CC(=O)N1CCCC1C(=O)N1CCCCC1CCC(=O)O. The Bertz CT molecular complexity index is 424. The molecule has 2 heterocycles. The molecule has 0 spiro atoms. The number of nitrogens with zero attached hydrogens (tertiary/aromatic N) is 2. The van der Waals surface area contributed by atoms with Crippen LogP contribution in [0.3, 0.4) is 0 Å². The van der Waals surface area contributed by atoms with Crippen LogP contribution < -0.4 is 0 Å². The van der Waals surface area contributed by atoms with Gasteiger partial charge in [-0.25, -0.2) is 0 Å². The lowest BCUT2D eigenvalue weighted by atomic mass is 9.96. The largest absolute Gasteiger partial charge is 0.481 e. The van der Waals surface area contributed by atoms with Crippen molar-refractivity contribution in [1.82, 2.24) is 9.80 Å². The third-order valence-corrected chi connectivity index (χ3v) is 4.54. The zero-order valence-corrected chi connectivity index (χ0v) is 12.6. The van der Waals surface area contributed by atoms with E-state index in [2.05, 4.69) is 0 Å². The molecule has 6 nitrogen and oxygen atoms in total. The highest BCUT2D eigenvalue weighted by atomic mass is 16.4. The number of piperidine rings is 1. The summed E-state index contributed by atoms with van der Waals surface area (Å²) < 4.78 is 0. The molecule has 2 aliphatic rings. The molecule has 2 aliphatic heterocycles. The molecule has 0 aromatic heterocycles. The van der Waals surface area contributed by atoms with Gasteiger partial charge in [-0.1, -0.05) is 0 Å². The van der Waals surface area contributed by atoms with Crippen molar-refractivity contribution in [2.75, 3.05) is 13.1 Å². The van der Waals surface area contributed by atoms with E-state index < -0.39 is 5.97 Å². The molecule has 21 heavy (non-hydrogen) atoms. The summed E-state index contributed by atoms with van der Waals surface area (Å²) in [4.78, 5) is 38.6. The molecule has 0 aromatic rings. The summed E-state index contributed by atoms with van der Waals surface area (Å²) >= 11 is 0. The number of rotatable bonds is 4. The summed E-state index contributed by atoms with van der Waals surface area (Å²) in [6.07, 6.45) is 5.05. The van der Waals surface area contributed by atoms with E-state index in [-0.39, 0.29) is 30.3 Å². The van der Waals surface area contributed by atoms with Gasteiger partial charge in [-0.05, 0) is 38.5 Å². The van der Waals surface area contributed by atoms with E-state index in [0.29, 0.717) is 19.5 Å². The van der Waals surface area contributed by atoms with Crippen molar-refractivity contribution in [3.05, 3.63) is 0 Å². The van der Waals surface area contributed by atoms with Crippen molar-refractivity contribution in [3.8, 4) is 0 Å². The lowest BCUT2D eigenvalue weighted by Gasteiger charge is -2.38. The third-order valence-electron chi connectivity index (χ3n) is 4.54. The van der Waals surface area contributed by atoms with Crippen LogP contribution in [0.2, 0.25) is 0 Å². The molecule has 2 amide bonds. The van der Waals surface area contributed by atoms with Crippen LogP contribution in [0.5, 0.6) is 0 Å². The molecule has 2 atom stereocenters. The van der Waals surface area contributed by atoms with E-state index in [1.807, 2.05) is 4.90 Å². The molecule has 0 radical (unpaired) electrons. The lowest BCUT2D eigenvalue weighted by Crippen LogP contribution is -2.52. The Labute approximate surface area is 125 Å².